The average Bonchev–Trinajstić information content (AvgIpc) is 3.27. The highest BCUT2D eigenvalue weighted by atomic mass is 28.5. The lowest BCUT2D eigenvalue weighted by Gasteiger charge is -2.46. The standard InChI is InChI=1S/C28H52O7Si2/c1-15(2)36(16(3)4)33-23-21(30)20(29)22-24(25(23)34-37(35-36,17(5)6)18(7)8)32-28(31-22)14-19-12-13-27(28,11)26(19,9)10/h15-25,29-30H,12-14H2,1-11H3/t19?,20-,21-,22+,23?,24?,25?,27?,28-/m1/s1. The molecule has 2 bridgehead atoms. The predicted molar refractivity (Wildman–Crippen MR) is 146 cm³/mol. The van der Waals surface area contributed by atoms with E-state index in [1.807, 2.05) is 0 Å². The van der Waals surface area contributed by atoms with Crippen molar-refractivity contribution in [1.82, 2.24) is 0 Å². The molecule has 5 aliphatic rings. The van der Waals surface area contributed by atoms with Gasteiger partial charge in [0.15, 0.2) is 5.79 Å². The summed E-state index contributed by atoms with van der Waals surface area (Å²) in [5, 5.41) is 23.1. The van der Waals surface area contributed by atoms with Crippen LogP contribution >= 0.6 is 0 Å². The molecule has 5 unspecified atom stereocenters. The number of aliphatic hydroxyl groups excluding tert-OH is 2. The molecule has 3 aliphatic carbocycles. The van der Waals surface area contributed by atoms with Crippen molar-refractivity contribution in [2.45, 2.75) is 160 Å². The summed E-state index contributed by atoms with van der Waals surface area (Å²) in [5.41, 5.74) is 0.550. The lowest BCUT2D eigenvalue weighted by Crippen LogP contribution is -2.66. The molecule has 37 heavy (non-hydrogen) atoms. The quantitative estimate of drug-likeness (QED) is 0.450. The van der Waals surface area contributed by atoms with E-state index in [1.54, 1.807) is 0 Å². The summed E-state index contributed by atoms with van der Waals surface area (Å²) in [6, 6.07) is 0. The zero-order valence-electron chi connectivity index (χ0n) is 24.9. The summed E-state index contributed by atoms with van der Waals surface area (Å²) < 4.78 is 35.5. The topological polar surface area (TPSA) is 86.6 Å². The van der Waals surface area contributed by atoms with Gasteiger partial charge in [-0.05, 0) is 46.3 Å². The van der Waals surface area contributed by atoms with E-state index >= 15 is 0 Å². The fraction of sp³-hybridized carbons (Fsp3) is 1.00. The molecule has 2 aliphatic heterocycles. The molecule has 3 saturated carbocycles. The number of ether oxygens (including phenoxy) is 2. The lowest BCUT2D eigenvalue weighted by atomic mass is 9.68. The molecule has 7 nitrogen and oxygen atoms in total. The van der Waals surface area contributed by atoms with E-state index in [2.05, 4.69) is 76.2 Å². The van der Waals surface area contributed by atoms with Crippen LogP contribution in [0.25, 0.3) is 0 Å². The summed E-state index contributed by atoms with van der Waals surface area (Å²) in [5.74, 6) is -0.280. The van der Waals surface area contributed by atoms with Gasteiger partial charge in [-0.2, -0.15) is 0 Å². The van der Waals surface area contributed by atoms with Crippen LogP contribution in [0.5, 0.6) is 0 Å². The van der Waals surface area contributed by atoms with E-state index in [1.165, 1.54) is 6.42 Å². The fourth-order valence-electron chi connectivity index (χ4n) is 8.77. The highest BCUT2D eigenvalue weighted by Crippen LogP contribution is 2.73. The summed E-state index contributed by atoms with van der Waals surface area (Å²) in [4.78, 5) is 0. The first-order chi connectivity index (χ1) is 17.0. The van der Waals surface area contributed by atoms with Gasteiger partial charge in [-0.1, -0.05) is 76.2 Å². The molecule has 2 saturated heterocycles. The third-order valence-electron chi connectivity index (χ3n) is 11.6. The summed E-state index contributed by atoms with van der Waals surface area (Å²) in [7, 11) is -5.77. The van der Waals surface area contributed by atoms with Crippen molar-refractivity contribution in [3.63, 3.8) is 0 Å². The van der Waals surface area contributed by atoms with E-state index in [0.717, 1.165) is 12.8 Å². The Morgan fingerprint density at radius 2 is 1.14 bits per heavy atom. The first-order valence-electron chi connectivity index (χ1n) is 14.8. The van der Waals surface area contributed by atoms with Crippen LogP contribution in [0.1, 0.15) is 95.4 Å². The molecular weight excluding hydrogens is 504 g/mol. The van der Waals surface area contributed by atoms with Crippen molar-refractivity contribution in [3.8, 4) is 0 Å². The van der Waals surface area contributed by atoms with Crippen molar-refractivity contribution in [2.24, 2.45) is 16.7 Å². The Morgan fingerprint density at radius 3 is 1.57 bits per heavy atom. The average molecular weight is 557 g/mol. The van der Waals surface area contributed by atoms with Crippen LogP contribution < -0.4 is 0 Å². The number of hydrogen-bond donors (Lipinski definition) is 2. The SMILES string of the molecule is CC(C)[Si]1(C(C)C)OC2C3O[C@@]4(CC5CCC4(C)C5(C)C)O[C@H]3[C@H](O)[C@@H](O)C2O[Si](C(C)C)(C(C)C)O1. The third kappa shape index (κ3) is 3.54. The number of rotatable bonds is 4. The summed E-state index contributed by atoms with van der Waals surface area (Å²) in [6.07, 6.45) is -1.70. The van der Waals surface area contributed by atoms with Crippen LogP contribution in [0.3, 0.4) is 0 Å². The first-order valence-corrected chi connectivity index (χ1v) is 18.7. The Kier molecular flexibility index (Phi) is 6.84. The zero-order valence-corrected chi connectivity index (χ0v) is 26.9. The fourth-order valence-corrected chi connectivity index (χ4v) is 20.1. The number of aliphatic hydroxyl groups is 2. The van der Waals surface area contributed by atoms with Crippen molar-refractivity contribution >= 4 is 17.1 Å². The summed E-state index contributed by atoms with van der Waals surface area (Å²) in [6.45, 7) is 24.4. The Morgan fingerprint density at radius 1 is 0.676 bits per heavy atom. The van der Waals surface area contributed by atoms with Gasteiger partial charge in [0.1, 0.15) is 36.6 Å². The molecule has 0 aromatic carbocycles. The zero-order chi connectivity index (χ0) is 27.5. The highest BCUT2D eigenvalue weighted by molar-refractivity contribution is 6.84. The van der Waals surface area contributed by atoms with Crippen molar-refractivity contribution in [3.05, 3.63) is 0 Å². The third-order valence-corrected chi connectivity index (χ3v) is 21.9. The largest absolute Gasteiger partial charge is 0.414 e. The van der Waals surface area contributed by atoms with Gasteiger partial charge in [0, 0.05) is 11.8 Å². The van der Waals surface area contributed by atoms with Gasteiger partial charge < -0.3 is 32.7 Å². The van der Waals surface area contributed by atoms with E-state index in [0.29, 0.717) is 5.92 Å². The second-order valence-corrected chi connectivity index (χ2v) is 23.5. The Bertz CT molecular complexity index is 878. The maximum absolute atomic E-state index is 11.6. The smallest absolute Gasteiger partial charge is 0.335 e. The van der Waals surface area contributed by atoms with Gasteiger partial charge in [-0.3, -0.25) is 0 Å². The number of hydrogen-bond acceptors (Lipinski definition) is 7. The molecule has 9 heteroatoms. The molecule has 2 heterocycles. The maximum atomic E-state index is 11.6. The lowest BCUT2D eigenvalue weighted by molar-refractivity contribution is -0.256. The van der Waals surface area contributed by atoms with Gasteiger partial charge in [-0.25, -0.2) is 0 Å². The molecule has 5 fully saturated rings. The van der Waals surface area contributed by atoms with Crippen LogP contribution in [0.2, 0.25) is 22.2 Å². The van der Waals surface area contributed by atoms with Gasteiger partial charge in [0.2, 0.25) is 0 Å². The number of fused-ring (bicyclic) bond motifs is 6. The van der Waals surface area contributed by atoms with Crippen LogP contribution in [-0.4, -0.2) is 69.7 Å². The van der Waals surface area contributed by atoms with Crippen LogP contribution in [0.4, 0.5) is 0 Å². The van der Waals surface area contributed by atoms with Gasteiger partial charge in [0.05, 0.1) is 0 Å². The van der Waals surface area contributed by atoms with E-state index in [9.17, 15) is 10.2 Å². The van der Waals surface area contributed by atoms with Crippen LogP contribution in [0, 0.1) is 16.7 Å². The van der Waals surface area contributed by atoms with Crippen molar-refractivity contribution in [2.75, 3.05) is 0 Å². The van der Waals surface area contributed by atoms with Gasteiger partial charge >= 0.3 is 17.1 Å². The van der Waals surface area contributed by atoms with E-state index < -0.39 is 59.5 Å². The van der Waals surface area contributed by atoms with Gasteiger partial charge in [-0.15, -0.1) is 0 Å². The Balaban J connectivity index is 1.62. The molecule has 0 radical (unpaired) electrons. The molecule has 9 atom stereocenters. The van der Waals surface area contributed by atoms with Crippen LogP contribution in [-0.2, 0) is 22.4 Å². The second-order valence-electron chi connectivity index (χ2n) is 14.7. The predicted octanol–water partition coefficient (Wildman–Crippen LogP) is 5.37. The minimum absolute atomic E-state index is 0.0686. The molecular formula is C28H52O7Si2. The van der Waals surface area contributed by atoms with E-state index in [4.69, 9.17) is 22.4 Å². The van der Waals surface area contributed by atoms with Gasteiger partial charge in [0.25, 0.3) is 0 Å². The van der Waals surface area contributed by atoms with Crippen LogP contribution in [0.15, 0.2) is 0 Å². The molecule has 0 amide bonds. The molecule has 0 aromatic heterocycles. The van der Waals surface area contributed by atoms with Crippen molar-refractivity contribution < 1.29 is 32.7 Å². The molecule has 2 N–H and O–H groups in total. The van der Waals surface area contributed by atoms with E-state index in [-0.39, 0.29) is 33.0 Å². The molecule has 5 rings (SSSR count). The Labute approximate surface area is 226 Å². The molecule has 0 aromatic rings. The van der Waals surface area contributed by atoms with Crippen molar-refractivity contribution in [1.29, 1.82) is 0 Å². The summed E-state index contributed by atoms with van der Waals surface area (Å²) >= 11 is 0. The normalized spacial score (nSPS) is 47.8. The first kappa shape index (κ1) is 28.7. The highest BCUT2D eigenvalue weighted by Gasteiger charge is 2.77. The molecule has 1 spiro atoms. The maximum Gasteiger partial charge on any atom is 0.335 e. The molecule has 214 valence electrons. The minimum Gasteiger partial charge on any atom is -0.414 e. The Hall–Kier alpha value is 0.154. The minimum atomic E-state index is -2.89. The second kappa shape index (κ2) is 8.82. The monoisotopic (exact) mass is 556 g/mol.